The number of imidazole rings is 1. The molecule has 0 aliphatic rings. The van der Waals surface area contributed by atoms with Crippen LogP contribution in [0.3, 0.4) is 0 Å². The van der Waals surface area contributed by atoms with Crippen LogP contribution in [0, 0.1) is 21.7 Å². The van der Waals surface area contributed by atoms with E-state index >= 15 is 0 Å². The molecule has 4 rings (SSSR count). The van der Waals surface area contributed by atoms with Gasteiger partial charge in [-0.2, -0.15) is 9.49 Å². The molecule has 15 heteroatoms. The molecule has 0 saturated carbocycles. The van der Waals surface area contributed by atoms with E-state index < -0.39 is 41.4 Å². The Hall–Kier alpha value is -3.17. The van der Waals surface area contributed by atoms with Crippen LogP contribution in [0.25, 0.3) is 11.4 Å². The van der Waals surface area contributed by atoms with Crippen LogP contribution in [-0.4, -0.2) is 40.8 Å². The van der Waals surface area contributed by atoms with Crippen molar-refractivity contribution in [2.45, 2.75) is 32.5 Å². The summed E-state index contributed by atoms with van der Waals surface area (Å²) >= 11 is 6.22. The Balaban J connectivity index is 0.000000289. The summed E-state index contributed by atoms with van der Waals surface area (Å²) in [6.07, 6.45) is 2.61. The number of aliphatic hydroxyl groups excluding tert-OH is 1. The maximum absolute atomic E-state index is 13.5. The van der Waals surface area contributed by atoms with Crippen molar-refractivity contribution in [3.8, 4) is 11.4 Å². The average Bonchev–Trinajstić information content (AvgIpc) is 3.41. The van der Waals surface area contributed by atoms with Crippen LogP contribution in [0.2, 0.25) is 0 Å². The molecule has 1 N–H and O–H groups in total. The van der Waals surface area contributed by atoms with E-state index in [-0.39, 0.29) is 0 Å². The third kappa shape index (κ3) is 7.20. The first kappa shape index (κ1) is 28.4. The predicted octanol–water partition coefficient (Wildman–Crippen LogP) is 5.91. The number of pyridine rings is 1. The number of aliphatic hydroxyl groups is 1. The number of hydrogen-bond acceptors (Lipinski definition) is 6. The van der Waals surface area contributed by atoms with Crippen molar-refractivity contribution in [1.29, 1.82) is 0 Å². The fraction of sp³-hybridized carbons (Fsp3) is 0.227. The minimum atomic E-state index is -2.50. The van der Waals surface area contributed by atoms with Crippen molar-refractivity contribution in [2.24, 2.45) is 0 Å². The summed E-state index contributed by atoms with van der Waals surface area (Å²) in [5, 5.41) is 23.9. The molecular weight excluding hydrogens is 632 g/mol. The summed E-state index contributed by atoms with van der Waals surface area (Å²) in [5.74, 6) is -1.61. The molecule has 0 spiro atoms. The predicted molar refractivity (Wildman–Crippen MR) is 132 cm³/mol. The highest BCUT2D eigenvalue weighted by molar-refractivity contribution is 9.10. The summed E-state index contributed by atoms with van der Waals surface area (Å²) in [6.45, 7) is 1.38. The first-order chi connectivity index (χ1) is 17.5. The number of aromatic nitrogens is 5. The van der Waals surface area contributed by atoms with Crippen molar-refractivity contribution in [1.82, 2.24) is 24.3 Å². The Morgan fingerprint density at radius 3 is 2.51 bits per heavy atom. The van der Waals surface area contributed by atoms with E-state index in [2.05, 4.69) is 46.9 Å². The van der Waals surface area contributed by atoms with Gasteiger partial charge < -0.3 is 19.8 Å². The number of halogens is 6. The monoisotopic (exact) mass is 648 g/mol. The van der Waals surface area contributed by atoms with E-state index in [1.807, 2.05) is 0 Å². The second-order valence-corrected chi connectivity index (χ2v) is 9.20. The summed E-state index contributed by atoms with van der Waals surface area (Å²) in [5.41, 5.74) is 1.72. The maximum atomic E-state index is 13.5. The lowest BCUT2D eigenvalue weighted by Crippen LogP contribution is -2.09. The minimum Gasteiger partial charge on any atom is -0.389 e. The number of nitro groups is 1. The lowest BCUT2D eigenvalue weighted by molar-refractivity contribution is -0.392. The molecular formula is C22H18Br2F4N6O3. The van der Waals surface area contributed by atoms with Crippen molar-refractivity contribution in [3.05, 3.63) is 91.0 Å². The summed E-state index contributed by atoms with van der Waals surface area (Å²) in [6, 6.07) is 5.13. The quantitative estimate of drug-likeness (QED) is 0.151. The Bertz CT molecular complexity index is 1400. The summed E-state index contributed by atoms with van der Waals surface area (Å²) in [7, 11) is 0. The van der Waals surface area contributed by atoms with Crippen molar-refractivity contribution < 1.29 is 27.6 Å². The number of rotatable bonds is 7. The molecule has 3 aromatic heterocycles. The minimum absolute atomic E-state index is 0.329. The molecule has 0 bridgehead atoms. The third-order valence-corrected chi connectivity index (χ3v) is 6.23. The van der Waals surface area contributed by atoms with Gasteiger partial charge in [0, 0.05) is 29.6 Å². The highest BCUT2D eigenvalue weighted by Crippen LogP contribution is 2.29. The number of hydrogen-bond donors (Lipinski definition) is 1. The van der Waals surface area contributed by atoms with Crippen LogP contribution >= 0.6 is 31.9 Å². The number of alkyl halides is 2. The molecule has 37 heavy (non-hydrogen) atoms. The first-order valence-corrected chi connectivity index (χ1v) is 12.0. The standard InChI is InChI=1S/C17H16BrF3N4O.C5H2BrFN2O2/c1-10(26)14-6-12(19)2-3-13(14)17-22-4-5-24(17)8-11-7-23-25(16(11)18)9-15(20)21;6-3-1-4(7)5(8-2-3)9(10)11/h2-7,10,15,26H,8-9H2,1H3;1-2H. The van der Waals surface area contributed by atoms with Gasteiger partial charge in [0.15, 0.2) is 6.20 Å². The fourth-order valence-electron chi connectivity index (χ4n) is 3.26. The molecule has 4 aromatic rings. The second-order valence-electron chi connectivity index (χ2n) is 7.54. The zero-order valence-electron chi connectivity index (χ0n) is 18.9. The molecule has 1 atom stereocenters. The van der Waals surface area contributed by atoms with E-state index in [0.29, 0.717) is 38.1 Å². The van der Waals surface area contributed by atoms with Gasteiger partial charge in [-0.25, -0.2) is 18.2 Å². The van der Waals surface area contributed by atoms with E-state index in [1.54, 1.807) is 30.0 Å². The molecule has 1 aromatic carbocycles. The zero-order chi connectivity index (χ0) is 27.3. The Morgan fingerprint density at radius 1 is 1.16 bits per heavy atom. The van der Waals surface area contributed by atoms with Crippen LogP contribution < -0.4 is 0 Å². The zero-order valence-corrected chi connectivity index (χ0v) is 22.1. The van der Waals surface area contributed by atoms with Gasteiger partial charge in [-0.3, -0.25) is 4.68 Å². The van der Waals surface area contributed by atoms with Gasteiger partial charge in [-0.15, -0.1) is 0 Å². The van der Waals surface area contributed by atoms with Gasteiger partial charge in [0.25, 0.3) is 6.43 Å². The van der Waals surface area contributed by atoms with Crippen LogP contribution in [0.1, 0.15) is 24.2 Å². The van der Waals surface area contributed by atoms with Crippen molar-refractivity contribution in [2.75, 3.05) is 0 Å². The van der Waals surface area contributed by atoms with Gasteiger partial charge in [0.2, 0.25) is 5.82 Å². The van der Waals surface area contributed by atoms with Gasteiger partial charge >= 0.3 is 5.82 Å². The molecule has 0 radical (unpaired) electrons. The highest BCUT2D eigenvalue weighted by Gasteiger charge is 2.18. The lowest BCUT2D eigenvalue weighted by atomic mass is 10.0. The van der Waals surface area contributed by atoms with E-state index in [1.165, 1.54) is 29.2 Å². The highest BCUT2D eigenvalue weighted by atomic mass is 79.9. The molecule has 0 fully saturated rings. The second kappa shape index (κ2) is 12.4. The normalized spacial score (nSPS) is 11.8. The van der Waals surface area contributed by atoms with E-state index in [0.717, 1.165) is 6.07 Å². The molecule has 3 heterocycles. The van der Waals surface area contributed by atoms with Gasteiger partial charge in [-0.05, 0) is 72.5 Å². The molecule has 1 unspecified atom stereocenters. The Labute approximate surface area is 224 Å². The average molecular weight is 650 g/mol. The Morgan fingerprint density at radius 2 is 1.89 bits per heavy atom. The molecule has 9 nitrogen and oxygen atoms in total. The molecule has 0 saturated heterocycles. The van der Waals surface area contributed by atoms with E-state index in [4.69, 9.17) is 0 Å². The SMILES string of the molecule is CC(O)c1cc(F)ccc1-c1nccn1Cc1cnn(CC(F)F)c1Br.O=[N+]([O-])c1ncc(Br)cc1F. The molecule has 0 aliphatic heterocycles. The smallest absolute Gasteiger partial charge is 0.389 e. The van der Waals surface area contributed by atoms with E-state index in [9.17, 15) is 32.8 Å². The van der Waals surface area contributed by atoms with Gasteiger partial charge in [-0.1, -0.05) is 0 Å². The fourth-order valence-corrected chi connectivity index (χ4v) is 4.03. The first-order valence-electron chi connectivity index (χ1n) is 10.4. The maximum Gasteiger partial charge on any atom is 0.399 e. The molecule has 0 amide bonds. The number of nitrogens with zero attached hydrogens (tertiary/aromatic N) is 6. The lowest BCUT2D eigenvalue weighted by Gasteiger charge is -2.14. The van der Waals surface area contributed by atoms with Crippen LogP contribution in [0.15, 0.2) is 58.1 Å². The largest absolute Gasteiger partial charge is 0.399 e. The molecule has 196 valence electrons. The van der Waals surface area contributed by atoms with Gasteiger partial charge in [0.1, 0.15) is 22.8 Å². The van der Waals surface area contributed by atoms with Gasteiger partial charge in [0.05, 0.1) is 23.3 Å². The van der Waals surface area contributed by atoms with Crippen LogP contribution in [-0.2, 0) is 13.1 Å². The molecule has 0 aliphatic carbocycles. The topological polar surface area (TPSA) is 112 Å². The number of benzene rings is 1. The van der Waals surface area contributed by atoms with Crippen molar-refractivity contribution in [3.63, 3.8) is 0 Å². The third-order valence-electron chi connectivity index (χ3n) is 4.88. The Kier molecular flexibility index (Phi) is 9.50. The summed E-state index contributed by atoms with van der Waals surface area (Å²) < 4.78 is 55.1. The van der Waals surface area contributed by atoms with Crippen LogP contribution in [0.4, 0.5) is 23.4 Å². The van der Waals surface area contributed by atoms with Crippen molar-refractivity contribution >= 4 is 37.7 Å². The summed E-state index contributed by atoms with van der Waals surface area (Å²) in [4.78, 5) is 16.7. The van der Waals surface area contributed by atoms with Crippen LogP contribution in [0.5, 0.6) is 0 Å².